The number of nitrogens with zero attached hydrogens (tertiary/aromatic N) is 3. The molecule has 0 amide bonds. The van der Waals surface area contributed by atoms with Crippen LogP contribution in [-0.2, 0) is 0 Å². The first kappa shape index (κ1) is 14.3. The van der Waals surface area contributed by atoms with Crippen LogP contribution in [0.25, 0.3) is 16.8 Å². The highest BCUT2D eigenvalue weighted by atomic mass is 35.5. The maximum absolute atomic E-state index is 11.3. The molecule has 0 bridgehead atoms. The van der Waals surface area contributed by atoms with Gasteiger partial charge in [0.1, 0.15) is 0 Å². The molecule has 0 atom stereocenters. The molecule has 0 saturated heterocycles. The third-order valence-corrected chi connectivity index (χ3v) is 3.12. The summed E-state index contributed by atoms with van der Waals surface area (Å²) in [4.78, 5) is 11.3. The fourth-order valence-corrected chi connectivity index (χ4v) is 2.05. The molecule has 0 aliphatic heterocycles. The lowest BCUT2D eigenvalue weighted by atomic mass is 10.1. The number of fused-ring (bicyclic) bond motifs is 1. The van der Waals surface area contributed by atoms with Crippen LogP contribution in [0.4, 0.5) is 0 Å². The second-order valence-corrected chi connectivity index (χ2v) is 4.38. The van der Waals surface area contributed by atoms with Crippen LogP contribution in [0.15, 0.2) is 35.3 Å². The van der Waals surface area contributed by atoms with Crippen LogP contribution in [0.1, 0.15) is 19.4 Å². The molecule has 5 nitrogen and oxygen atoms in total. The summed E-state index contributed by atoms with van der Waals surface area (Å²) in [6, 6.07) is 7.90. The molecular formula is C14H15ClN4O. The van der Waals surface area contributed by atoms with Crippen molar-refractivity contribution in [1.29, 1.82) is 0 Å². The van der Waals surface area contributed by atoms with E-state index in [1.807, 2.05) is 45.0 Å². The van der Waals surface area contributed by atoms with E-state index in [2.05, 4.69) is 15.3 Å². The lowest BCUT2D eigenvalue weighted by Gasteiger charge is -2.04. The number of hydrogen-bond donors (Lipinski definition) is 1. The van der Waals surface area contributed by atoms with Gasteiger partial charge in [-0.3, -0.25) is 0 Å². The number of benzene rings is 1. The Hall–Kier alpha value is -2.14. The van der Waals surface area contributed by atoms with E-state index >= 15 is 0 Å². The van der Waals surface area contributed by atoms with Crippen molar-refractivity contribution >= 4 is 17.2 Å². The van der Waals surface area contributed by atoms with E-state index in [1.165, 1.54) is 5.56 Å². The largest absolute Gasteiger partial charge is 0.364 e. The van der Waals surface area contributed by atoms with E-state index in [1.54, 1.807) is 6.20 Å². The summed E-state index contributed by atoms with van der Waals surface area (Å²) in [6.45, 7) is 6.01. The fraction of sp³-hybridized carbons (Fsp3) is 0.214. The predicted molar refractivity (Wildman–Crippen MR) is 80.1 cm³/mol. The molecule has 6 heteroatoms. The smallest absolute Gasteiger partial charge is 0.244 e. The lowest BCUT2D eigenvalue weighted by molar-refractivity contribution is 0.880. The van der Waals surface area contributed by atoms with Crippen LogP contribution in [0, 0.1) is 6.92 Å². The minimum atomic E-state index is -0.401. The zero-order valence-corrected chi connectivity index (χ0v) is 12.3. The van der Waals surface area contributed by atoms with E-state index < -0.39 is 5.69 Å². The molecule has 0 aliphatic rings. The van der Waals surface area contributed by atoms with E-state index in [0.717, 1.165) is 15.6 Å². The number of nitrogens with one attached hydrogen (secondary N) is 1. The number of halogens is 1. The first-order valence-electron chi connectivity index (χ1n) is 6.36. The molecule has 3 aromatic rings. The number of aromatic nitrogens is 4. The van der Waals surface area contributed by atoms with E-state index in [0.29, 0.717) is 10.7 Å². The third-order valence-electron chi connectivity index (χ3n) is 2.75. The molecule has 0 spiro atoms. The Bertz CT molecular complexity index is 774. The number of aryl methyl sites for hydroxylation is 1. The summed E-state index contributed by atoms with van der Waals surface area (Å²) < 4.78 is 1.14. The topological polar surface area (TPSA) is 63.1 Å². The van der Waals surface area contributed by atoms with Gasteiger partial charge in [0, 0.05) is 5.56 Å². The predicted octanol–water partition coefficient (Wildman–Crippen LogP) is 3.07. The van der Waals surface area contributed by atoms with Crippen LogP contribution < -0.4 is 5.69 Å². The van der Waals surface area contributed by atoms with Crippen molar-refractivity contribution in [3.8, 4) is 11.1 Å². The Balaban J connectivity index is 0.000000704. The van der Waals surface area contributed by atoms with Gasteiger partial charge in [0.2, 0.25) is 0 Å². The molecule has 0 unspecified atom stereocenters. The number of rotatable bonds is 1. The third kappa shape index (κ3) is 2.44. The van der Waals surface area contributed by atoms with Crippen LogP contribution in [-0.4, -0.2) is 19.8 Å². The maximum atomic E-state index is 11.3. The zero-order valence-electron chi connectivity index (χ0n) is 11.5. The molecule has 2 aromatic heterocycles. The Labute approximate surface area is 121 Å². The molecule has 20 heavy (non-hydrogen) atoms. The van der Waals surface area contributed by atoms with Crippen molar-refractivity contribution in [2.45, 2.75) is 20.8 Å². The van der Waals surface area contributed by atoms with Gasteiger partial charge in [0.15, 0.2) is 5.65 Å². The van der Waals surface area contributed by atoms with Crippen molar-refractivity contribution in [2.75, 3.05) is 0 Å². The van der Waals surface area contributed by atoms with Gasteiger partial charge in [0.05, 0.1) is 11.2 Å². The monoisotopic (exact) mass is 290 g/mol. The average Bonchev–Trinajstić information content (AvgIpc) is 2.85. The average molecular weight is 291 g/mol. The Morgan fingerprint density at radius 3 is 2.50 bits per heavy atom. The Morgan fingerprint density at radius 1 is 1.20 bits per heavy atom. The fourth-order valence-electron chi connectivity index (χ4n) is 1.77. The van der Waals surface area contributed by atoms with Gasteiger partial charge in [0.25, 0.3) is 0 Å². The van der Waals surface area contributed by atoms with Gasteiger partial charge in [-0.25, -0.2) is 9.89 Å². The molecule has 0 saturated carbocycles. The van der Waals surface area contributed by atoms with Crippen molar-refractivity contribution in [3.05, 3.63) is 51.5 Å². The zero-order chi connectivity index (χ0) is 14.7. The number of H-pyrrole nitrogens is 1. The SMILES string of the molecule is CC.Cc1ccc(-c2cnn3c(=O)[nH]nc3c2Cl)cc1. The standard InChI is InChI=1S/C12H9ClN4O.C2H6/c1-7-2-4-8(5-3-7)9-6-14-17-11(10(9)13)15-16-12(17)18;1-2/h2-6H,1H3,(H,16,18);1-2H3. The van der Waals surface area contributed by atoms with Crippen LogP contribution in [0.2, 0.25) is 5.02 Å². The van der Waals surface area contributed by atoms with Crippen LogP contribution in [0.5, 0.6) is 0 Å². The summed E-state index contributed by atoms with van der Waals surface area (Å²) >= 11 is 6.25. The van der Waals surface area contributed by atoms with E-state index in [-0.39, 0.29) is 0 Å². The van der Waals surface area contributed by atoms with Gasteiger partial charge in [-0.15, -0.1) is 5.10 Å². The molecule has 0 fully saturated rings. The lowest BCUT2D eigenvalue weighted by Crippen LogP contribution is -2.12. The quantitative estimate of drug-likeness (QED) is 0.749. The van der Waals surface area contributed by atoms with Gasteiger partial charge in [-0.1, -0.05) is 55.3 Å². The molecule has 1 aromatic carbocycles. The van der Waals surface area contributed by atoms with Gasteiger partial charge >= 0.3 is 5.69 Å². The second kappa shape index (κ2) is 5.88. The normalized spacial score (nSPS) is 10.2. The molecule has 0 aliphatic carbocycles. The minimum Gasteiger partial charge on any atom is -0.244 e. The van der Waals surface area contributed by atoms with Gasteiger partial charge < -0.3 is 0 Å². The summed E-state index contributed by atoms with van der Waals surface area (Å²) in [6.07, 6.45) is 1.57. The van der Waals surface area contributed by atoms with Crippen LogP contribution >= 0.6 is 11.6 Å². The number of aromatic amines is 1. The van der Waals surface area contributed by atoms with E-state index in [9.17, 15) is 4.79 Å². The first-order valence-corrected chi connectivity index (χ1v) is 6.73. The van der Waals surface area contributed by atoms with Gasteiger partial charge in [-0.05, 0) is 12.5 Å². The minimum absolute atomic E-state index is 0.333. The molecular weight excluding hydrogens is 276 g/mol. The summed E-state index contributed by atoms with van der Waals surface area (Å²) in [5.74, 6) is 0. The highest BCUT2D eigenvalue weighted by Crippen LogP contribution is 2.28. The number of hydrogen-bond acceptors (Lipinski definition) is 3. The molecule has 104 valence electrons. The van der Waals surface area contributed by atoms with Crippen molar-refractivity contribution < 1.29 is 0 Å². The Morgan fingerprint density at radius 2 is 1.85 bits per heavy atom. The van der Waals surface area contributed by atoms with E-state index in [4.69, 9.17) is 11.6 Å². The summed E-state index contributed by atoms with van der Waals surface area (Å²) in [5.41, 5.74) is 2.79. The van der Waals surface area contributed by atoms with Gasteiger partial charge in [-0.2, -0.15) is 9.61 Å². The Kier molecular flexibility index (Phi) is 4.20. The van der Waals surface area contributed by atoms with Crippen LogP contribution in [0.3, 0.4) is 0 Å². The maximum Gasteiger partial charge on any atom is 0.364 e. The second-order valence-electron chi connectivity index (χ2n) is 4.00. The summed E-state index contributed by atoms with van der Waals surface area (Å²) in [5, 5.41) is 10.6. The first-order chi connectivity index (χ1) is 9.66. The van der Waals surface area contributed by atoms with Crippen molar-refractivity contribution in [2.24, 2.45) is 0 Å². The molecule has 3 rings (SSSR count). The highest BCUT2D eigenvalue weighted by molar-refractivity contribution is 6.36. The molecule has 0 radical (unpaired) electrons. The molecule has 2 heterocycles. The van der Waals surface area contributed by atoms with Crippen molar-refractivity contribution in [1.82, 2.24) is 19.8 Å². The summed E-state index contributed by atoms with van der Waals surface area (Å²) in [7, 11) is 0. The highest BCUT2D eigenvalue weighted by Gasteiger charge is 2.12. The van der Waals surface area contributed by atoms with Crippen molar-refractivity contribution in [3.63, 3.8) is 0 Å². The molecule has 1 N–H and O–H groups in total.